The summed E-state index contributed by atoms with van der Waals surface area (Å²) in [6.45, 7) is 11.2. The van der Waals surface area contributed by atoms with Crippen molar-refractivity contribution in [2.45, 2.75) is 90.0 Å². The molecule has 2 aliphatic rings. The van der Waals surface area contributed by atoms with E-state index in [-0.39, 0.29) is 11.2 Å². The molecule has 0 radical (unpaired) electrons. The molecular weight excluding hydrogens is 210 g/mol. The van der Waals surface area contributed by atoms with Crippen LogP contribution in [-0.4, -0.2) is 23.3 Å². The monoisotopic (exact) mass is 239 g/mol. The Kier molecular flexibility index (Phi) is 3.57. The second-order valence-corrected chi connectivity index (χ2v) is 7.17. The Morgan fingerprint density at radius 3 is 2.29 bits per heavy atom. The van der Waals surface area contributed by atoms with Gasteiger partial charge in [0.2, 0.25) is 0 Å². The van der Waals surface area contributed by atoms with Crippen molar-refractivity contribution >= 4 is 0 Å². The van der Waals surface area contributed by atoms with Crippen LogP contribution in [0.25, 0.3) is 0 Å². The average Bonchev–Trinajstić information content (AvgIpc) is 2.93. The van der Waals surface area contributed by atoms with Crippen LogP contribution in [0.1, 0.15) is 66.7 Å². The number of rotatable bonds is 5. The van der Waals surface area contributed by atoms with Gasteiger partial charge < -0.3 is 10.1 Å². The molecule has 1 saturated heterocycles. The molecule has 0 spiro atoms. The summed E-state index contributed by atoms with van der Waals surface area (Å²) in [4.78, 5) is 0. The second-order valence-electron chi connectivity index (χ2n) is 7.17. The molecule has 2 heteroatoms. The molecule has 0 bridgehead atoms. The maximum absolute atomic E-state index is 6.15. The Hall–Kier alpha value is -0.0800. The molecule has 2 nitrogen and oxygen atoms in total. The van der Waals surface area contributed by atoms with Crippen LogP contribution >= 0.6 is 0 Å². The van der Waals surface area contributed by atoms with Crippen molar-refractivity contribution in [2.24, 2.45) is 5.92 Å². The zero-order valence-electron chi connectivity index (χ0n) is 12.2. The fraction of sp³-hybridized carbons (Fsp3) is 1.00. The smallest absolute Gasteiger partial charge is 0.0787 e. The SMILES string of the molecule is CCC(CC1CC1)NC1CC(C)(C)OC1(C)C. The largest absolute Gasteiger partial charge is 0.368 e. The van der Waals surface area contributed by atoms with E-state index in [0.717, 1.165) is 12.3 Å². The fourth-order valence-electron chi connectivity index (χ4n) is 3.21. The minimum atomic E-state index is -0.0273. The molecule has 2 rings (SSSR count). The molecule has 1 aliphatic heterocycles. The van der Waals surface area contributed by atoms with Crippen molar-refractivity contribution in [3.63, 3.8) is 0 Å². The third-order valence-corrected chi connectivity index (χ3v) is 4.32. The maximum Gasteiger partial charge on any atom is 0.0787 e. The molecule has 17 heavy (non-hydrogen) atoms. The summed E-state index contributed by atoms with van der Waals surface area (Å²) in [5.41, 5.74) is -0.000486. The van der Waals surface area contributed by atoms with Crippen LogP contribution in [0, 0.1) is 5.92 Å². The van der Waals surface area contributed by atoms with E-state index in [4.69, 9.17) is 4.74 Å². The molecule has 1 N–H and O–H groups in total. The van der Waals surface area contributed by atoms with Crippen molar-refractivity contribution in [1.82, 2.24) is 5.32 Å². The Morgan fingerprint density at radius 2 is 1.88 bits per heavy atom. The zero-order chi connectivity index (χ0) is 12.7. The van der Waals surface area contributed by atoms with Gasteiger partial charge in [0, 0.05) is 12.1 Å². The highest BCUT2D eigenvalue weighted by Gasteiger charge is 2.46. The van der Waals surface area contributed by atoms with E-state index >= 15 is 0 Å². The zero-order valence-corrected chi connectivity index (χ0v) is 12.2. The van der Waals surface area contributed by atoms with E-state index in [9.17, 15) is 0 Å². The molecule has 0 amide bonds. The summed E-state index contributed by atoms with van der Waals surface area (Å²) in [6, 6.07) is 1.19. The summed E-state index contributed by atoms with van der Waals surface area (Å²) in [5, 5.41) is 3.86. The molecule has 2 fully saturated rings. The summed E-state index contributed by atoms with van der Waals surface area (Å²) in [7, 11) is 0. The van der Waals surface area contributed by atoms with Crippen LogP contribution in [-0.2, 0) is 4.74 Å². The lowest BCUT2D eigenvalue weighted by molar-refractivity contribution is -0.0705. The molecule has 2 atom stereocenters. The van der Waals surface area contributed by atoms with Crippen LogP contribution in [0.3, 0.4) is 0 Å². The maximum atomic E-state index is 6.15. The molecule has 0 aromatic rings. The molecule has 1 saturated carbocycles. The topological polar surface area (TPSA) is 21.3 Å². The first-order chi connectivity index (χ1) is 7.82. The van der Waals surface area contributed by atoms with Crippen molar-refractivity contribution < 1.29 is 4.74 Å². The van der Waals surface area contributed by atoms with E-state index in [1.807, 2.05) is 0 Å². The van der Waals surface area contributed by atoms with Gasteiger partial charge in [-0.05, 0) is 52.9 Å². The first kappa shape index (κ1) is 13.4. The number of hydrogen-bond acceptors (Lipinski definition) is 2. The predicted molar refractivity (Wildman–Crippen MR) is 72.2 cm³/mol. The van der Waals surface area contributed by atoms with Gasteiger partial charge in [-0.3, -0.25) is 0 Å². The summed E-state index contributed by atoms with van der Waals surface area (Å²) in [5.74, 6) is 1.01. The van der Waals surface area contributed by atoms with Gasteiger partial charge in [-0.2, -0.15) is 0 Å². The molecular formula is C15H29NO. The van der Waals surface area contributed by atoms with E-state index in [1.54, 1.807) is 0 Å². The van der Waals surface area contributed by atoms with Gasteiger partial charge in [-0.1, -0.05) is 19.8 Å². The third kappa shape index (κ3) is 3.45. The lowest BCUT2D eigenvalue weighted by Crippen LogP contribution is -2.48. The first-order valence-corrected chi connectivity index (χ1v) is 7.28. The minimum Gasteiger partial charge on any atom is -0.368 e. The van der Waals surface area contributed by atoms with Crippen LogP contribution in [0.4, 0.5) is 0 Å². The third-order valence-electron chi connectivity index (χ3n) is 4.32. The van der Waals surface area contributed by atoms with Gasteiger partial charge in [0.05, 0.1) is 11.2 Å². The predicted octanol–water partition coefficient (Wildman–Crippen LogP) is 3.50. The minimum absolute atomic E-state index is 0.0268. The van der Waals surface area contributed by atoms with Crippen LogP contribution < -0.4 is 5.32 Å². The first-order valence-electron chi connectivity index (χ1n) is 7.28. The van der Waals surface area contributed by atoms with Gasteiger partial charge >= 0.3 is 0 Å². The molecule has 2 unspecified atom stereocenters. The second kappa shape index (κ2) is 4.55. The van der Waals surface area contributed by atoms with E-state index in [0.29, 0.717) is 12.1 Å². The normalized spacial score (nSPS) is 32.6. The highest BCUT2D eigenvalue weighted by molar-refractivity contribution is 5.00. The molecule has 100 valence electrons. The van der Waals surface area contributed by atoms with Gasteiger partial charge in [-0.25, -0.2) is 0 Å². The molecule has 0 aromatic heterocycles. The lowest BCUT2D eigenvalue weighted by atomic mass is 9.92. The quantitative estimate of drug-likeness (QED) is 0.793. The molecule has 1 aliphatic carbocycles. The Bertz CT molecular complexity index is 268. The average molecular weight is 239 g/mol. The standard InChI is InChI=1S/C15H29NO/c1-6-12(9-11-7-8-11)16-13-10-14(2,3)17-15(13,4)5/h11-13,16H,6-10H2,1-5H3. The summed E-state index contributed by atoms with van der Waals surface area (Å²) >= 11 is 0. The Morgan fingerprint density at radius 1 is 1.24 bits per heavy atom. The van der Waals surface area contributed by atoms with Crippen molar-refractivity contribution in [2.75, 3.05) is 0 Å². The van der Waals surface area contributed by atoms with Crippen LogP contribution in [0.5, 0.6) is 0 Å². The van der Waals surface area contributed by atoms with Gasteiger partial charge in [0.1, 0.15) is 0 Å². The molecule has 1 heterocycles. The van der Waals surface area contributed by atoms with E-state index in [2.05, 4.69) is 39.9 Å². The van der Waals surface area contributed by atoms with Crippen LogP contribution in [0.15, 0.2) is 0 Å². The highest BCUT2D eigenvalue weighted by Crippen LogP contribution is 2.39. The number of nitrogens with one attached hydrogen (secondary N) is 1. The Balaban J connectivity index is 1.91. The lowest BCUT2D eigenvalue weighted by Gasteiger charge is -2.31. The summed E-state index contributed by atoms with van der Waals surface area (Å²) < 4.78 is 6.15. The van der Waals surface area contributed by atoms with Crippen LogP contribution in [0.2, 0.25) is 0 Å². The van der Waals surface area contributed by atoms with Gasteiger partial charge in [-0.15, -0.1) is 0 Å². The number of ether oxygens (including phenoxy) is 1. The van der Waals surface area contributed by atoms with E-state index < -0.39 is 0 Å². The summed E-state index contributed by atoms with van der Waals surface area (Å²) in [6.07, 6.45) is 6.64. The highest BCUT2D eigenvalue weighted by atomic mass is 16.5. The molecule has 0 aromatic carbocycles. The Labute approximate surface area is 107 Å². The fourth-order valence-corrected chi connectivity index (χ4v) is 3.21. The van der Waals surface area contributed by atoms with Gasteiger partial charge in [0.25, 0.3) is 0 Å². The van der Waals surface area contributed by atoms with Crippen molar-refractivity contribution in [3.8, 4) is 0 Å². The van der Waals surface area contributed by atoms with Crippen molar-refractivity contribution in [3.05, 3.63) is 0 Å². The van der Waals surface area contributed by atoms with Crippen molar-refractivity contribution in [1.29, 1.82) is 0 Å². The van der Waals surface area contributed by atoms with E-state index in [1.165, 1.54) is 25.7 Å². The number of hydrogen-bond donors (Lipinski definition) is 1. The van der Waals surface area contributed by atoms with Gasteiger partial charge in [0.15, 0.2) is 0 Å².